The zero-order valence-electron chi connectivity index (χ0n) is 15.0. The molecule has 1 N–H and O–H groups in total. The van der Waals surface area contributed by atoms with Crippen molar-refractivity contribution in [3.63, 3.8) is 0 Å². The maximum absolute atomic E-state index is 12.9. The van der Waals surface area contributed by atoms with Crippen LogP contribution in [0.4, 0.5) is 4.39 Å². The minimum Gasteiger partial charge on any atom is -0.475 e. The Kier molecular flexibility index (Phi) is 6.10. The quantitative estimate of drug-likeness (QED) is 0.653. The normalized spacial score (nSPS) is 10.4. The first kappa shape index (κ1) is 18.5. The number of carbonyl (C=O) groups excluding carboxylic acids is 1. The van der Waals surface area contributed by atoms with Gasteiger partial charge >= 0.3 is 0 Å². The number of hydrogen-bond donors (Lipinski definition) is 1. The fraction of sp³-hybridized carbons (Fsp3) is 0.190. The van der Waals surface area contributed by atoms with Crippen molar-refractivity contribution < 1.29 is 13.9 Å². The molecule has 0 aliphatic heterocycles. The lowest BCUT2D eigenvalue weighted by Gasteiger charge is -2.07. The maximum Gasteiger partial charge on any atom is 0.233 e. The Balaban J connectivity index is 1.41. The summed E-state index contributed by atoms with van der Waals surface area (Å²) in [5, 5.41) is 10.9. The van der Waals surface area contributed by atoms with E-state index in [1.54, 1.807) is 24.3 Å². The molecular formula is C21H20FN3O2. The number of aryl methyl sites for hydroxylation is 1. The van der Waals surface area contributed by atoms with Crippen LogP contribution in [0.25, 0.3) is 11.3 Å². The first-order valence-corrected chi connectivity index (χ1v) is 8.65. The molecular weight excluding hydrogens is 345 g/mol. The number of nitrogens with zero attached hydrogens (tertiary/aromatic N) is 2. The lowest BCUT2D eigenvalue weighted by molar-refractivity contribution is -0.120. The summed E-state index contributed by atoms with van der Waals surface area (Å²) in [5.41, 5.74) is 3.55. The number of nitrogens with one attached hydrogen (secondary N) is 1. The number of hydrogen-bond acceptors (Lipinski definition) is 4. The summed E-state index contributed by atoms with van der Waals surface area (Å²) in [4.78, 5) is 11.9. The summed E-state index contributed by atoms with van der Waals surface area (Å²) in [6, 6.07) is 17.4. The molecule has 5 nitrogen and oxygen atoms in total. The van der Waals surface area contributed by atoms with Crippen molar-refractivity contribution in [2.75, 3.05) is 13.2 Å². The van der Waals surface area contributed by atoms with Crippen molar-refractivity contribution in [2.24, 2.45) is 0 Å². The van der Waals surface area contributed by atoms with Gasteiger partial charge < -0.3 is 10.1 Å². The molecule has 3 aromatic rings. The molecule has 0 saturated heterocycles. The average Bonchev–Trinajstić information content (AvgIpc) is 2.68. The van der Waals surface area contributed by atoms with Crippen LogP contribution in [-0.4, -0.2) is 29.3 Å². The highest BCUT2D eigenvalue weighted by atomic mass is 19.1. The van der Waals surface area contributed by atoms with Gasteiger partial charge in [0.15, 0.2) is 0 Å². The van der Waals surface area contributed by atoms with Crippen LogP contribution in [-0.2, 0) is 11.2 Å². The summed E-state index contributed by atoms with van der Waals surface area (Å²) in [5.74, 6) is 0.0185. The standard InChI is InChI=1S/C21H20FN3O2/c1-15-2-4-16(5-3-15)14-20(26)23-12-13-27-21-11-10-19(24-25-21)17-6-8-18(22)9-7-17/h2-11H,12-14H2,1H3,(H,23,26). The molecule has 0 spiro atoms. The third kappa shape index (κ3) is 5.60. The molecule has 0 aliphatic rings. The third-order valence-corrected chi connectivity index (χ3v) is 3.94. The van der Waals surface area contributed by atoms with E-state index < -0.39 is 0 Å². The molecule has 0 fully saturated rings. The number of halogens is 1. The van der Waals surface area contributed by atoms with Crippen molar-refractivity contribution in [1.82, 2.24) is 15.5 Å². The predicted octanol–water partition coefficient (Wildman–Crippen LogP) is 3.33. The Morgan fingerprint density at radius 2 is 1.74 bits per heavy atom. The van der Waals surface area contributed by atoms with Gasteiger partial charge in [0.2, 0.25) is 11.8 Å². The Morgan fingerprint density at radius 3 is 2.41 bits per heavy atom. The summed E-state index contributed by atoms with van der Waals surface area (Å²) < 4.78 is 18.4. The molecule has 1 heterocycles. The first-order valence-electron chi connectivity index (χ1n) is 8.65. The number of aromatic nitrogens is 2. The van der Waals surface area contributed by atoms with E-state index in [1.807, 2.05) is 31.2 Å². The third-order valence-electron chi connectivity index (χ3n) is 3.94. The van der Waals surface area contributed by atoms with E-state index in [-0.39, 0.29) is 11.7 Å². The zero-order valence-corrected chi connectivity index (χ0v) is 15.0. The van der Waals surface area contributed by atoms with Gasteiger partial charge in [-0.1, -0.05) is 29.8 Å². The minimum absolute atomic E-state index is 0.0554. The molecule has 2 aromatic carbocycles. The molecule has 27 heavy (non-hydrogen) atoms. The summed E-state index contributed by atoms with van der Waals surface area (Å²) in [6.07, 6.45) is 0.340. The van der Waals surface area contributed by atoms with Crippen LogP contribution < -0.4 is 10.1 Å². The van der Waals surface area contributed by atoms with Crippen LogP contribution in [0, 0.1) is 12.7 Å². The van der Waals surface area contributed by atoms with Crippen molar-refractivity contribution in [3.8, 4) is 17.1 Å². The minimum atomic E-state index is -0.295. The Bertz CT molecular complexity index is 879. The van der Waals surface area contributed by atoms with Gasteiger partial charge in [-0.15, -0.1) is 10.2 Å². The van der Waals surface area contributed by atoms with Gasteiger partial charge in [-0.05, 0) is 42.8 Å². The van der Waals surface area contributed by atoms with Gasteiger partial charge in [0.1, 0.15) is 12.4 Å². The predicted molar refractivity (Wildman–Crippen MR) is 101 cm³/mol. The van der Waals surface area contributed by atoms with E-state index in [4.69, 9.17) is 4.74 Å². The molecule has 0 radical (unpaired) electrons. The maximum atomic E-state index is 12.9. The van der Waals surface area contributed by atoms with Gasteiger partial charge in [0, 0.05) is 11.6 Å². The lowest BCUT2D eigenvalue weighted by atomic mass is 10.1. The van der Waals surface area contributed by atoms with Crippen LogP contribution in [0.1, 0.15) is 11.1 Å². The Morgan fingerprint density at radius 1 is 1.00 bits per heavy atom. The van der Waals surface area contributed by atoms with Crippen LogP contribution in [0.3, 0.4) is 0 Å². The number of ether oxygens (including phenoxy) is 1. The second kappa shape index (κ2) is 8.89. The lowest BCUT2D eigenvalue weighted by Crippen LogP contribution is -2.29. The molecule has 0 bridgehead atoms. The molecule has 138 valence electrons. The molecule has 1 aromatic heterocycles. The molecule has 0 atom stereocenters. The first-order chi connectivity index (χ1) is 13.1. The van der Waals surface area contributed by atoms with E-state index >= 15 is 0 Å². The van der Waals surface area contributed by atoms with Crippen molar-refractivity contribution in [2.45, 2.75) is 13.3 Å². The average molecular weight is 365 g/mol. The Labute approximate surface area is 157 Å². The molecule has 3 rings (SSSR count). The Hall–Kier alpha value is -3.28. The second-order valence-corrected chi connectivity index (χ2v) is 6.12. The second-order valence-electron chi connectivity index (χ2n) is 6.12. The number of rotatable bonds is 7. The summed E-state index contributed by atoms with van der Waals surface area (Å²) >= 11 is 0. The number of carbonyl (C=O) groups is 1. The van der Waals surface area contributed by atoms with E-state index in [0.717, 1.165) is 11.1 Å². The molecule has 0 saturated carbocycles. The smallest absolute Gasteiger partial charge is 0.233 e. The van der Waals surface area contributed by atoms with E-state index in [9.17, 15) is 9.18 Å². The van der Waals surface area contributed by atoms with Crippen LogP contribution >= 0.6 is 0 Å². The van der Waals surface area contributed by atoms with Crippen molar-refractivity contribution in [1.29, 1.82) is 0 Å². The highest BCUT2D eigenvalue weighted by Gasteiger charge is 2.04. The van der Waals surface area contributed by atoms with Gasteiger partial charge in [0.25, 0.3) is 0 Å². The fourth-order valence-corrected chi connectivity index (χ4v) is 2.47. The van der Waals surface area contributed by atoms with Gasteiger partial charge in [-0.25, -0.2) is 4.39 Å². The highest BCUT2D eigenvalue weighted by molar-refractivity contribution is 5.78. The molecule has 0 unspecified atom stereocenters. The zero-order chi connectivity index (χ0) is 19.1. The monoisotopic (exact) mass is 365 g/mol. The van der Waals surface area contributed by atoms with Crippen LogP contribution in [0.2, 0.25) is 0 Å². The highest BCUT2D eigenvalue weighted by Crippen LogP contribution is 2.18. The molecule has 0 aliphatic carbocycles. The van der Waals surface area contributed by atoms with Crippen molar-refractivity contribution >= 4 is 5.91 Å². The van der Waals surface area contributed by atoms with Crippen LogP contribution in [0.15, 0.2) is 60.7 Å². The number of amides is 1. The van der Waals surface area contributed by atoms with E-state index in [2.05, 4.69) is 15.5 Å². The van der Waals surface area contributed by atoms with E-state index in [1.165, 1.54) is 17.7 Å². The number of benzene rings is 2. The fourth-order valence-electron chi connectivity index (χ4n) is 2.47. The molecule has 6 heteroatoms. The van der Waals surface area contributed by atoms with Crippen LogP contribution in [0.5, 0.6) is 5.88 Å². The van der Waals surface area contributed by atoms with Gasteiger partial charge in [-0.2, -0.15) is 0 Å². The van der Waals surface area contributed by atoms with Gasteiger partial charge in [-0.3, -0.25) is 4.79 Å². The summed E-state index contributed by atoms with van der Waals surface area (Å²) in [7, 11) is 0. The summed E-state index contributed by atoms with van der Waals surface area (Å²) in [6.45, 7) is 2.69. The van der Waals surface area contributed by atoms with Gasteiger partial charge in [0.05, 0.1) is 18.7 Å². The van der Waals surface area contributed by atoms with E-state index in [0.29, 0.717) is 31.1 Å². The topological polar surface area (TPSA) is 64.1 Å². The van der Waals surface area contributed by atoms with Crippen molar-refractivity contribution in [3.05, 3.63) is 77.6 Å². The molecule has 1 amide bonds. The SMILES string of the molecule is Cc1ccc(CC(=O)NCCOc2ccc(-c3ccc(F)cc3)nn2)cc1. The largest absolute Gasteiger partial charge is 0.475 e.